The van der Waals surface area contributed by atoms with Crippen LogP contribution in [0.15, 0.2) is 28.7 Å². The maximum atomic E-state index is 12.2. The maximum Gasteiger partial charge on any atom is 0.241 e. The zero-order chi connectivity index (χ0) is 13.1. The molecule has 1 aromatic carbocycles. The summed E-state index contributed by atoms with van der Waals surface area (Å²) in [5, 5.41) is 0. The lowest BCUT2D eigenvalue weighted by molar-refractivity contribution is -0.121. The highest BCUT2D eigenvalue weighted by Crippen LogP contribution is 2.27. The van der Waals surface area contributed by atoms with E-state index in [2.05, 4.69) is 27.8 Å². The first kappa shape index (κ1) is 13.5. The number of hydrogen-bond donors (Lipinski definition) is 1. The van der Waals surface area contributed by atoms with Crippen molar-refractivity contribution in [3.63, 3.8) is 0 Å². The number of amides is 1. The fourth-order valence-corrected chi connectivity index (χ4v) is 2.64. The summed E-state index contributed by atoms with van der Waals surface area (Å²) in [4.78, 5) is 16.2. The molecule has 0 aromatic heterocycles. The summed E-state index contributed by atoms with van der Waals surface area (Å²) in [6.45, 7) is 4.67. The quantitative estimate of drug-likeness (QED) is 0.919. The van der Waals surface area contributed by atoms with Gasteiger partial charge in [-0.25, -0.2) is 0 Å². The lowest BCUT2D eigenvalue weighted by atomic mass is 10.2. The number of anilines is 1. The smallest absolute Gasteiger partial charge is 0.241 e. The second-order valence-electron chi connectivity index (χ2n) is 4.55. The van der Waals surface area contributed by atoms with Gasteiger partial charge in [-0.3, -0.25) is 9.69 Å². The van der Waals surface area contributed by atoms with Gasteiger partial charge in [-0.05, 0) is 35.0 Å². The van der Waals surface area contributed by atoms with E-state index in [1.165, 1.54) is 0 Å². The summed E-state index contributed by atoms with van der Waals surface area (Å²) < 4.78 is 0.957. The van der Waals surface area contributed by atoms with Gasteiger partial charge in [0.15, 0.2) is 0 Å². The number of piperazine rings is 1. The third kappa shape index (κ3) is 2.74. The summed E-state index contributed by atoms with van der Waals surface area (Å²) in [7, 11) is 0. The van der Waals surface area contributed by atoms with Crippen LogP contribution in [0.5, 0.6) is 0 Å². The van der Waals surface area contributed by atoms with E-state index in [0.29, 0.717) is 19.6 Å². The van der Waals surface area contributed by atoms with Crippen molar-refractivity contribution >= 4 is 27.5 Å². The normalized spacial score (nSPS) is 19.1. The molecule has 0 saturated carbocycles. The molecule has 1 saturated heterocycles. The first-order valence-corrected chi connectivity index (χ1v) is 6.91. The highest BCUT2D eigenvalue weighted by atomic mass is 79.9. The summed E-state index contributed by atoms with van der Waals surface area (Å²) >= 11 is 3.49. The first-order chi connectivity index (χ1) is 8.63. The van der Waals surface area contributed by atoms with Crippen LogP contribution in [0.25, 0.3) is 0 Å². The molecule has 2 rings (SSSR count). The van der Waals surface area contributed by atoms with Crippen LogP contribution >= 0.6 is 15.9 Å². The average Bonchev–Trinajstić information content (AvgIpc) is 2.39. The van der Waals surface area contributed by atoms with Crippen LogP contribution in [0.4, 0.5) is 5.69 Å². The molecule has 1 amide bonds. The Hall–Kier alpha value is -0.910. The first-order valence-electron chi connectivity index (χ1n) is 6.12. The fraction of sp³-hybridized carbons (Fsp3) is 0.462. The number of benzene rings is 1. The van der Waals surface area contributed by atoms with Crippen LogP contribution in [-0.2, 0) is 4.79 Å². The Morgan fingerprint density at radius 1 is 1.39 bits per heavy atom. The Kier molecular flexibility index (Phi) is 4.37. The van der Waals surface area contributed by atoms with E-state index in [1.807, 2.05) is 29.2 Å². The van der Waals surface area contributed by atoms with Gasteiger partial charge in [-0.1, -0.05) is 12.1 Å². The van der Waals surface area contributed by atoms with E-state index in [4.69, 9.17) is 5.73 Å². The standard InChI is InChI=1S/C13H18BrN3O/c1-10(8-15)16-6-7-17(13(18)9-16)12-5-3-2-4-11(12)14/h2-5,10H,6-9,15H2,1H3. The molecule has 0 bridgehead atoms. The van der Waals surface area contributed by atoms with Gasteiger partial charge in [0.1, 0.15) is 0 Å². The Morgan fingerprint density at radius 2 is 2.11 bits per heavy atom. The van der Waals surface area contributed by atoms with Crippen molar-refractivity contribution in [1.82, 2.24) is 4.90 Å². The number of nitrogens with two attached hydrogens (primary N) is 1. The molecule has 1 heterocycles. The number of para-hydroxylation sites is 1. The minimum absolute atomic E-state index is 0.133. The summed E-state index contributed by atoms with van der Waals surface area (Å²) in [6, 6.07) is 8.07. The van der Waals surface area contributed by atoms with Crippen molar-refractivity contribution in [2.75, 3.05) is 31.1 Å². The number of nitrogens with zero attached hydrogens (tertiary/aromatic N) is 2. The van der Waals surface area contributed by atoms with E-state index >= 15 is 0 Å². The third-order valence-corrected chi connectivity index (χ3v) is 4.03. The highest BCUT2D eigenvalue weighted by Gasteiger charge is 2.27. The van der Waals surface area contributed by atoms with Crippen LogP contribution in [0.1, 0.15) is 6.92 Å². The van der Waals surface area contributed by atoms with Gasteiger partial charge in [-0.2, -0.15) is 0 Å². The molecule has 5 heteroatoms. The molecule has 1 aliphatic heterocycles. The van der Waals surface area contributed by atoms with Crippen LogP contribution in [0.3, 0.4) is 0 Å². The number of carbonyl (C=O) groups excluding carboxylic acids is 1. The second kappa shape index (κ2) is 5.82. The van der Waals surface area contributed by atoms with Gasteiger partial charge in [0, 0.05) is 30.1 Å². The molecule has 1 unspecified atom stereocenters. The Morgan fingerprint density at radius 3 is 2.72 bits per heavy atom. The summed E-state index contributed by atoms with van der Waals surface area (Å²) in [6.07, 6.45) is 0. The lowest BCUT2D eigenvalue weighted by Gasteiger charge is -2.37. The maximum absolute atomic E-state index is 12.2. The van der Waals surface area contributed by atoms with Crippen molar-refractivity contribution in [3.05, 3.63) is 28.7 Å². The largest absolute Gasteiger partial charge is 0.329 e. The van der Waals surface area contributed by atoms with Gasteiger partial charge in [-0.15, -0.1) is 0 Å². The number of rotatable bonds is 3. The van der Waals surface area contributed by atoms with E-state index in [1.54, 1.807) is 0 Å². The minimum Gasteiger partial charge on any atom is -0.329 e. The van der Waals surface area contributed by atoms with E-state index in [9.17, 15) is 4.79 Å². The molecule has 0 aliphatic carbocycles. The van der Waals surface area contributed by atoms with Crippen molar-refractivity contribution in [1.29, 1.82) is 0 Å². The molecule has 1 aliphatic rings. The van der Waals surface area contributed by atoms with Crippen LogP contribution < -0.4 is 10.6 Å². The third-order valence-electron chi connectivity index (χ3n) is 3.36. The summed E-state index contributed by atoms with van der Waals surface area (Å²) in [5.41, 5.74) is 6.59. The molecule has 18 heavy (non-hydrogen) atoms. The van der Waals surface area contributed by atoms with E-state index in [0.717, 1.165) is 16.7 Å². The second-order valence-corrected chi connectivity index (χ2v) is 5.41. The van der Waals surface area contributed by atoms with Crippen LogP contribution in [0.2, 0.25) is 0 Å². The van der Waals surface area contributed by atoms with Gasteiger partial charge >= 0.3 is 0 Å². The van der Waals surface area contributed by atoms with Crippen LogP contribution in [0, 0.1) is 0 Å². The zero-order valence-electron chi connectivity index (χ0n) is 10.5. The number of carbonyl (C=O) groups is 1. The topological polar surface area (TPSA) is 49.6 Å². The molecule has 2 N–H and O–H groups in total. The highest BCUT2D eigenvalue weighted by molar-refractivity contribution is 9.10. The molecule has 98 valence electrons. The molecule has 1 fully saturated rings. The van der Waals surface area contributed by atoms with Gasteiger partial charge in [0.25, 0.3) is 0 Å². The van der Waals surface area contributed by atoms with Crippen molar-refractivity contribution < 1.29 is 4.79 Å². The minimum atomic E-state index is 0.133. The summed E-state index contributed by atoms with van der Waals surface area (Å²) in [5.74, 6) is 0.133. The molecule has 1 aromatic rings. The Bertz CT molecular complexity index is 438. The molecular formula is C13H18BrN3O. The average molecular weight is 312 g/mol. The van der Waals surface area contributed by atoms with E-state index in [-0.39, 0.29) is 11.9 Å². The monoisotopic (exact) mass is 311 g/mol. The Labute approximate surface area is 116 Å². The van der Waals surface area contributed by atoms with Crippen LogP contribution in [-0.4, -0.2) is 43.0 Å². The Balaban J connectivity index is 2.11. The van der Waals surface area contributed by atoms with Crippen molar-refractivity contribution in [3.8, 4) is 0 Å². The van der Waals surface area contributed by atoms with E-state index < -0.39 is 0 Å². The predicted octanol–water partition coefficient (Wildman–Crippen LogP) is 1.44. The van der Waals surface area contributed by atoms with Gasteiger partial charge < -0.3 is 10.6 Å². The number of hydrogen-bond acceptors (Lipinski definition) is 3. The SMILES string of the molecule is CC(CN)N1CCN(c2ccccc2Br)C(=O)C1. The van der Waals surface area contributed by atoms with Gasteiger partial charge in [0.2, 0.25) is 5.91 Å². The lowest BCUT2D eigenvalue weighted by Crippen LogP contribution is -2.54. The molecule has 0 radical (unpaired) electrons. The predicted molar refractivity (Wildman–Crippen MR) is 76.6 cm³/mol. The molecule has 1 atom stereocenters. The molecule has 0 spiro atoms. The van der Waals surface area contributed by atoms with Crippen molar-refractivity contribution in [2.45, 2.75) is 13.0 Å². The van der Waals surface area contributed by atoms with Gasteiger partial charge in [0.05, 0.1) is 12.2 Å². The number of halogens is 1. The van der Waals surface area contributed by atoms with Crippen molar-refractivity contribution in [2.24, 2.45) is 5.73 Å². The molecule has 4 nitrogen and oxygen atoms in total. The zero-order valence-corrected chi connectivity index (χ0v) is 12.1. The molecular weight excluding hydrogens is 294 g/mol. The fourth-order valence-electron chi connectivity index (χ4n) is 2.14.